The molecule has 1 aliphatic rings. The maximum Gasteiger partial charge on any atom is 0.0931 e. The van der Waals surface area contributed by atoms with E-state index in [4.69, 9.17) is 9.47 Å². The average molecular weight is 230 g/mol. The summed E-state index contributed by atoms with van der Waals surface area (Å²) < 4.78 is 10.6. The van der Waals surface area contributed by atoms with E-state index < -0.39 is 0 Å². The van der Waals surface area contributed by atoms with Crippen LogP contribution in [-0.2, 0) is 9.47 Å². The van der Waals surface area contributed by atoms with Crippen LogP contribution in [0.25, 0.3) is 0 Å². The topological polar surface area (TPSA) is 33.7 Å². The second-order valence-corrected chi connectivity index (χ2v) is 4.82. The Morgan fingerprint density at radius 3 is 2.69 bits per heavy atom. The van der Waals surface area contributed by atoms with E-state index in [-0.39, 0.29) is 6.10 Å². The molecule has 2 unspecified atom stereocenters. The van der Waals surface area contributed by atoms with Gasteiger partial charge in [0.1, 0.15) is 0 Å². The molecule has 0 spiro atoms. The van der Waals surface area contributed by atoms with Gasteiger partial charge in [0.25, 0.3) is 0 Å². The SMILES string of the molecule is COCC(CN1CCNCC1C(C)C)OC. The fraction of sp³-hybridized carbons (Fsp3) is 1.00. The zero-order chi connectivity index (χ0) is 12.0. The van der Waals surface area contributed by atoms with Crippen molar-refractivity contribution < 1.29 is 9.47 Å². The number of piperazine rings is 1. The smallest absolute Gasteiger partial charge is 0.0931 e. The van der Waals surface area contributed by atoms with Crippen molar-refractivity contribution in [3.8, 4) is 0 Å². The molecule has 1 rings (SSSR count). The van der Waals surface area contributed by atoms with Gasteiger partial charge in [-0.25, -0.2) is 0 Å². The Morgan fingerprint density at radius 2 is 2.12 bits per heavy atom. The summed E-state index contributed by atoms with van der Waals surface area (Å²) in [6, 6.07) is 0.614. The number of hydrogen-bond acceptors (Lipinski definition) is 4. The van der Waals surface area contributed by atoms with Gasteiger partial charge in [-0.1, -0.05) is 13.8 Å². The summed E-state index contributed by atoms with van der Waals surface area (Å²) in [6.07, 6.45) is 0.185. The third-order valence-corrected chi connectivity index (χ3v) is 3.29. The van der Waals surface area contributed by atoms with Crippen molar-refractivity contribution >= 4 is 0 Å². The Labute approximate surface area is 99.3 Å². The number of hydrogen-bond donors (Lipinski definition) is 1. The molecule has 1 fully saturated rings. The van der Waals surface area contributed by atoms with Crippen molar-refractivity contribution in [2.45, 2.75) is 26.0 Å². The van der Waals surface area contributed by atoms with Crippen LogP contribution in [0.5, 0.6) is 0 Å². The molecule has 0 radical (unpaired) electrons. The molecule has 0 aromatic rings. The van der Waals surface area contributed by atoms with Crippen molar-refractivity contribution in [3.63, 3.8) is 0 Å². The standard InChI is InChI=1S/C12H26N2O2/c1-10(2)12-7-13-5-6-14(12)8-11(16-4)9-15-3/h10-13H,5-9H2,1-4H3. The Kier molecular flexibility index (Phi) is 6.28. The van der Waals surface area contributed by atoms with E-state index in [2.05, 4.69) is 24.1 Å². The molecular formula is C12H26N2O2. The van der Waals surface area contributed by atoms with Crippen LogP contribution in [0.2, 0.25) is 0 Å². The van der Waals surface area contributed by atoms with E-state index >= 15 is 0 Å². The Balaban J connectivity index is 2.47. The quantitative estimate of drug-likeness (QED) is 0.723. The minimum absolute atomic E-state index is 0.185. The molecule has 0 aliphatic carbocycles. The lowest BCUT2D eigenvalue weighted by atomic mass is 10.00. The van der Waals surface area contributed by atoms with Crippen LogP contribution in [0.1, 0.15) is 13.8 Å². The molecule has 0 bridgehead atoms. The van der Waals surface area contributed by atoms with Gasteiger partial charge in [0.2, 0.25) is 0 Å². The molecule has 1 N–H and O–H groups in total. The highest BCUT2D eigenvalue weighted by Crippen LogP contribution is 2.13. The van der Waals surface area contributed by atoms with Crippen molar-refractivity contribution in [2.75, 3.05) is 47.0 Å². The first-order valence-electron chi connectivity index (χ1n) is 6.15. The Bertz CT molecular complexity index is 188. The van der Waals surface area contributed by atoms with Gasteiger partial charge in [-0.2, -0.15) is 0 Å². The maximum absolute atomic E-state index is 5.43. The predicted molar refractivity (Wildman–Crippen MR) is 65.7 cm³/mol. The molecule has 2 atom stereocenters. The van der Waals surface area contributed by atoms with E-state index in [1.54, 1.807) is 14.2 Å². The summed E-state index contributed by atoms with van der Waals surface area (Å²) in [5.41, 5.74) is 0. The molecule has 0 aromatic heterocycles. The second-order valence-electron chi connectivity index (χ2n) is 4.82. The van der Waals surface area contributed by atoms with Crippen LogP contribution in [0.4, 0.5) is 0 Å². The van der Waals surface area contributed by atoms with Gasteiger partial charge in [0.15, 0.2) is 0 Å². The van der Waals surface area contributed by atoms with Crippen LogP contribution < -0.4 is 5.32 Å². The predicted octanol–water partition coefficient (Wildman–Crippen LogP) is 0.578. The van der Waals surface area contributed by atoms with Gasteiger partial charge in [-0.3, -0.25) is 4.90 Å². The number of nitrogens with zero attached hydrogens (tertiary/aromatic N) is 1. The lowest BCUT2D eigenvalue weighted by Crippen LogP contribution is -2.55. The van der Waals surface area contributed by atoms with Crippen LogP contribution in [-0.4, -0.2) is 64.1 Å². The minimum Gasteiger partial charge on any atom is -0.382 e. The second kappa shape index (κ2) is 7.22. The Morgan fingerprint density at radius 1 is 1.38 bits per heavy atom. The molecule has 0 aromatic carbocycles. The van der Waals surface area contributed by atoms with Crippen LogP contribution in [0.3, 0.4) is 0 Å². The van der Waals surface area contributed by atoms with E-state index in [1.165, 1.54) is 0 Å². The van der Waals surface area contributed by atoms with Gasteiger partial charge in [0, 0.05) is 46.4 Å². The molecule has 4 heteroatoms. The van der Waals surface area contributed by atoms with Crippen molar-refractivity contribution in [2.24, 2.45) is 5.92 Å². The summed E-state index contributed by atoms with van der Waals surface area (Å²) in [5.74, 6) is 0.674. The number of ether oxygens (including phenoxy) is 2. The van der Waals surface area contributed by atoms with E-state index in [9.17, 15) is 0 Å². The van der Waals surface area contributed by atoms with E-state index in [1.807, 2.05) is 0 Å². The fourth-order valence-corrected chi connectivity index (χ4v) is 2.29. The highest BCUT2D eigenvalue weighted by atomic mass is 16.5. The number of nitrogens with one attached hydrogen (secondary N) is 1. The van der Waals surface area contributed by atoms with Crippen LogP contribution in [0, 0.1) is 5.92 Å². The lowest BCUT2D eigenvalue weighted by molar-refractivity contribution is -0.0118. The molecule has 1 aliphatic heterocycles. The zero-order valence-corrected chi connectivity index (χ0v) is 11.0. The summed E-state index contributed by atoms with van der Waals surface area (Å²) in [6.45, 7) is 9.46. The fourth-order valence-electron chi connectivity index (χ4n) is 2.29. The van der Waals surface area contributed by atoms with Crippen LogP contribution in [0.15, 0.2) is 0 Å². The third kappa shape index (κ3) is 4.01. The average Bonchev–Trinajstić information content (AvgIpc) is 2.29. The first kappa shape index (κ1) is 13.9. The zero-order valence-electron chi connectivity index (χ0n) is 11.0. The summed E-state index contributed by atoms with van der Waals surface area (Å²) in [5, 5.41) is 3.46. The first-order valence-corrected chi connectivity index (χ1v) is 6.15. The van der Waals surface area contributed by atoms with Gasteiger partial charge < -0.3 is 14.8 Å². The van der Waals surface area contributed by atoms with E-state index in [0.29, 0.717) is 18.6 Å². The molecule has 0 saturated carbocycles. The summed E-state index contributed by atoms with van der Waals surface area (Å²) >= 11 is 0. The lowest BCUT2D eigenvalue weighted by Gasteiger charge is -2.40. The van der Waals surface area contributed by atoms with Gasteiger partial charge in [-0.15, -0.1) is 0 Å². The van der Waals surface area contributed by atoms with Gasteiger partial charge in [-0.05, 0) is 5.92 Å². The van der Waals surface area contributed by atoms with Gasteiger partial charge in [0.05, 0.1) is 12.7 Å². The van der Waals surface area contributed by atoms with Crippen molar-refractivity contribution in [3.05, 3.63) is 0 Å². The maximum atomic E-state index is 5.43. The molecule has 0 amide bonds. The molecule has 96 valence electrons. The summed E-state index contributed by atoms with van der Waals surface area (Å²) in [7, 11) is 3.49. The van der Waals surface area contributed by atoms with Gasteiger partial charge >= 0.3 is 0 Å². The molecule has 1 saturated heterocycles. The molecular weight excluding hydrogens is 204 g/mol. The number of methoxy groups -OCH3 is 2. The highest BCUT2D eigenvalue weighted by Gasteiger charge is 2.26. The monoisotopic (exact) mass is 230 g/mol. The molecule has 4 nitrogen and oxygen atoms in total. The summed E-state index contributed by atoms with van der Waals surface area (Å²) in [4.78, 5) is 2.52. The Hall–Kier alpha value is -0.160. The van der Waals surface area contributed by atoms with Crippen molar-refractivity contribution in [1.29, 1.82) is 0 Å². The molecule has 1 heterocycles. The third-order valence-electron chi connectivity index (χ3n) is 3.29. The minimum atomic E-state index is 0.185. The van der Waals surface area contributed by atoms with Crippen molar-refractivity contribution in [1.82, 2.24) is 10.2 Å². The molecule has 16 heavy (non-hydrogen) atoms. The van der Waals surface area contributed by atoms with Crippen LogP contribution >= 0.6 is 0 Å². The van der Waals surface area contributed by atoms with E-state index in [0.717, 1.165) is 26.2 Å². The number of rotatable bonds is 6. The normalized spacial score (nSPS) is 24.9. The highest BCUT2D eigenvalue weighted by molar-refractivity contribution is 4.83. The first-order chi connectivity index (χ1) is 7.69. The largest absolute Gasteiger partial charge is 0.382 e.